The van der Waals surface area contributed by atoms with Crippen molar-refractivity contribution in [2.75, 3.05) is 6.61 Å². The fraction of sp³-hybridized carbons (Fsp3) is 0.238. The molecule has 2 aromatic carbocycles. The van der Waals surface area contributed by atoms with Crippen LogP contribution in [0.3, 0.4) is 0 Å². The Morgan fingerprint density at radius 2 is 1.80 bits per heavy atom. The molecule has 0 radical (unpaired) electrons. The molecule has 0 aliphatic heterocycles. The minimum Gasteiger partial charge on any atom is -0.465 e. The lowest BCUT2D eigenvalue weighted by molar-refractivity contribution is -0.151. The SMILES string of the molecule is CCOC(=O)[C@H]1C(=O)C=C(c2ccccc2)C[C@H]1c1ccc(Br)cc1. The average molecular weight is 399 g/mol. The Morgan fingerprint density at radius 1 is 1.12 bits per heavy atom. The van der Waals surface area contributed by atoms with E-state index < -0.39 is 11.9 Å². The summed E-state index contributed by atoms with van der Waals surface area (Å²) in [7, 11) is 0. The lowest BCUT2D eigenvalue weighted by atomic mass is 9.73. The van der Waals surface area contributed by atoms with Crippen LogP contribution in [-0.2, 0) is 14.3 Å². The Hall–Kier alpha value is -2.20. The van der Waals surface area contributed by atoms with E-state index in [1.807, 2.05) is 54.6 Å². The van der Waals surface area contributed by atoms with Crippen molar-refractivity contribution < 1.29 is 14.3 Å². The summed E-state index contributed by atoms with van der Waals surface area (Å²) in [5.74, 6) is -1.63. The van der Waals surface area contributed by atoms with Crippen molar-refractivity contribution in [1.82, 2.24) is 0 Å². The van der Waals surface area contributed by atoms with E-state index in [-0.39, 0.29) is 18.3 Å². The third-order valence-corrected chi connectivity index (χ3v) is 4.98. The highest BCUT2D eigenvalue weighted by molar-refractivity contribution is 9.10. The van der Waals surface area contributed by atoms with Crippen molar-refractivity contribution in [1.29, 1.82) is 0 Å². The summed E-state index contributed by atoms with van der Waals surface area (Å²) in [4.78, 5) is 25.2. The zero-order valence-electron chi connectivity index (χ0n) is 13.9. The van der Waals surface area contributed by atoms with Crippen LogP contribution in [0.4, 0.5) is 0 Å². The van der Waals surface area contributed by atoms with Gasteiger partial charge < -0.3 is 4.74 Å². The van der Waals surface area contributed by atoms with Gasteiger partial charge in [0.05, 0.1) is 6.61 Å². The van der Waals surface area contributed by atoms with E-state index in [0.29, 0.717) is 6.42 Å². The number of carbonyl (C=O) groups excluding carboxylic acids is 2. The molecular formula is C21H19BrO3. The molecule has 0 unspecified atom stereocenters. The van der Waals surface area contributed by atoms with Gasteiger partial charge >= 0.3 is 5.97 Å². The van der Waals surface area contributed by atoms with Gasteiger partial charge in [0.2, 0.25) is 0 Å². The molecule has 2 aromatic rings. The number of hydrogen-bond donors (Lipinski definition) is 0. The van der Waals surface area contributed by atoms with Gasteiger partial charge in [-0.1, -0.05) is 58.4 Å². The van der Waals surface area contributed by atoms with Crippen LogP contribution in [-0.4, -0.2) is 18.4 Å². The minimum absolute atomic E-state index is 0.184. The molecule has 0 heterocycles. The zero-order chi connectivity index (χ0) is 17.8. The predicted octanol–water partition coefficient (Wildman–Crippen LogP) is 4.77. The first-order valence-electron chi connectivity index (χ1n) is 8.32. The molecule has 0 fully saturated rings. The van der Waals surface area contributed by atoms with E-state index >= 15 is 0 Å². The normalized spacial score (nSPS) is 20.1. The minimum atomic E-state index is -0.784. The first-order valence-corrected chi connectivity index (χ1v) is 9.11. The molecule has 0 amide bonds. The third kappa shape index (κ3) is 3.90. The Kier molecular flexibility index (Phi) is 5.49. The fourth-order valence-electron chi connectivity index (χ4n) is 3.26. The largest absolute Gasteiger partial charge is 0.465 e. The quantitative estimate of drug-likeness (QED) is 0.550. The maximum Gasteiger partial charge on any atom is 0.317 e. The van der Waals surface area contributed by atoms with Crippen molar-refractivity contribution in [3.05, 3.63) is 76.3 Å². The monoisotopic (exact) mass is 398 g/mol. The van der Waals surface area contributed by atoms with Crippen LogP contribution >= 0.6 is 15.9 Å². The smallest absolute Gasteiger partial charge is 0.317 e. The van der Waals surface area contributed by atoms with E-state index in [2.05, 4.69) is 15.9 Å². The highest BCUT2D eigenvalue weighted by atomic mass is 79.9. The summed E-state index contributed by atoms with van der Waals surface area (Å²) < 4.78 is 6.13. The number of carbonyl (C=O) groups is 2. The number of esters is 1. The maximum atomic E-state index is 12.8. The van der Waals surface area contributed by atoms with Crippen LogP contribution in [0.25, 0.3) is 5.57 Å². The summed E-state index contributed by atoms with van der Waals surface area (Å²) >= 11 is 3.43. The van der Waals surface area contributed by atoms with E-state index in [9.17, 15) is 9.59 Å². The molecule has 0 N–H and O–H groups in total. The van der Waals surface area contributed by atoms with E-state index in [0.717, 1.165) is 21.2 Å². The van der Waals surface area contributed by atoms with Gasteiger partial charge in [-0.15, -0.1) is 0 Å². The number of benzene rings is 2. The fourth-order valence-corrected chi connectivity index (χ4v) is 3.52. The van der Waals surface area contributed by atoms with Gasteiger partial charge in [0, 0.05) is 10.4 Å². The Bertz CT molecular complexity index is 794. The van der Waals surface area contributed by atoms with E-state index in [1.54, 1.807) is 13.0 Å². The van der Waals surface area contributed by atoms with Gasteiger partial charge in [0.15, 0.2) is 5.78 Å². The molecule has 25 heavy (non-hydrogen) atoms. The molecule has 1 aliphatic rings. The van der Waals surface area contributed by atoms with Crippen LogP contribution in [0.5, 0.6) is 0 Å². The Morgan fingerprint density at radius 3 is 2.44 bits per heavy atom. The molecule has 3 rings (SSSR count). The summed E-state index contributed by atoms with van der Waals surface area (Å²) in [6, 6.07) is 17.6. The second-order valence-electron chi connectivity index (χ2n) is 6.03. The van der Waals surface area contributed by atoms with Gasteiger partial charge in [0.25, 0.3) is 0 Å². The number of halogens is 1. The predicted molar refractivity (Wildman–Crippen MR) is 101 cm³/mol. The third-order valence-electron chi connectivity index (χ3n) is 4.45. The molecule has 1 aliphatic carbocycles. The molecule has 0 saturated heterocycles. The van der Waals surface area contributed by atoms with Crippen LogP contribution in [0.15, 0.2) is 65.1 Å². The number of hydrogen-bond acceptors (Lipinski definition) is 3. The highest BCUT2D eigenvalue weighted by Crippen LogP contribution is 2.40. The molecule has 0 bridgehead atoms. The summed E-state index contributed by atoms with van der Waals surface area (Å²) in [6.45, 7) is 2.02. The van der Waals surface area contributed by atoms with Crippen LogP contribution in [0, 0.1) is 5.92 Å². The molecule has 3 nitrogen and oxygen atoms in total. The zero-order valence-corrected chi connectivity index (χ0v) is 15.5. The first-order chi connectivity index (χ1) is 12.1. The molecule has 0 saturated carbocycles. The Labute approximate surface area is 155 Å². The lowest BCUT2D eigenvalue weighted by Gasteiger charge is -2.29. The second kappa shape index (κ2) is 7.79. The van der Waals surface area contributed by atoms with Crippen molar-refractivity contribution in [3.63, 3.8) is 0 Å². The number of allylic oxidation sites excluding steroid dienone is 2. The van der Waals surface area contributed by atoms with E-state index in [1.165, 1.54) is 0 Å². The van der Waals surface area contributed by atoms with Gasteiger partial charge in [-0.25, -0.2) is 0 Å². The molecular weight excluding hydrogens is 380 g/mol. The maximum absolute atomic E-state index is 12.8. The van der Waals surface area contributed by atoms with Crippen molar-refractivity contribution in [2.45, 2.75) is 19.3 Å². The van der Waals surface area contributed by atoms with Crippen molar-refractivity contribution in [3.8, 4) is 0 Å². The molecule has 2 atom stereocenters. The second-order valence-corrected chi connectivity index (χ2v) is 6.95. The van der Waals surface area contributed by atoms with Crippen molar-refractivity contribution >= 4 is 33.3 Å². The van der Waals surface area contributed by atoms with E-state index in [4.69, 9.17) is 4.74 Å². The molecule has 0 spiro atoms. The molecule has 4 heteroatoms. The molecule has 128 valence electrons. The molecule has 0 aromatic heterocycles. The average Bonchev–Trinajstić information content (AvgIpc) is 2.62. The highest BCUT2D eigenvalue weighted by Gasteiger charge is 2.39. The summed E-state index contributed by atoms with van der Waals surface area (Å²) in [5, 5.41) is 0. The summed E-state index contributed by atoms with van der Waals surface area (Å²) in [6.07, 6.45) is 2.23. The lowest BCUT2D eigenvalue weighted by Crippen LogP contribution is -2.34. The standard InChI is InChI=1S/C21H19BrO3/c1-2-25-21(24)20-18(15-8-10-17(22)11-9-15)12-16(13-19(20)23)14-6-4-3-5-7-14/h3-11,13,18,20H,2,12H2,1H3/t18-,20+/m0/s1. The van der Waals surface area contributed by atoms with Gasteiger partial charge in [-0.3, -0.25) is 9.59 Å². The first kappa shape index (κ1) is 17.6. The number of rotatable bonds is 4. The van der Waals surface area contributed by atoms with Crippen LogP contribution < -0.4 is 0 Å². The topological polar surface area (TPSA) is 43.4 Å². The summed E-state index contributed by atoms with van der Waals surface area (Å²) in [5.41, 5.74) is 2.94. The number of ketones is 1. The van der Waals surface area contributed by atoms with Crippen LogP contribution in [0.2, 0.25) is 0 Å². The Balaban J connectivity index is 2.01. The van der Waals surface area contributed by atoms with Gasteiger partial charge in [0.1, 0.15) is 5.92 Å². The van der Waals surface area contributed by atoms with Crippen LogP contribution in [0.1, 0.15) is 30.4 Å². The van der Waals surface area contributed by atoms with Gasteiger partial charge in [-0.2, -0.15) is 0 Å². The van der Waals surface area contributed by atoms with Crippen molar-refractivity contribution in [2.24, 2.45) is 5.92 Å². The van der Waals surface area contributed by atoms with Gasteiger partial charge in [-0.05, 0) is 48.3 Å². The number of ether oxygens (including phenoxy) is 1.